The van der Waals surface area contributed by atoms with Crippen LogP contribution in [0.4, 0.5) is 0 Å². The molecule has 1 unspecified atom stereocenters. The molecule has 0 aliphatic rings. The molecule has 1 heterocycles. The molecule has 0 aliphatic heterocycles. The lowest BCUT2D eigenvalue weighted by Crippen LogP contribution is -2.38. The van der Waals surface area contributed by atoms with Crippen LogP contribution in [0.2, 0.25) is 5.02 Å². The summed E-state index contributed by atoms with van der Waals surface area (Å²) in [6, 6.07) is 2.93. The van der Waals surface area contributed by atoms with Crippen LogP contribution in [0.1, 0.15) is 30.8 Å². The van der Waals surface area contributed by atoms with E-state index >= 15 is 0 Å². The highest BCUT2D eigenvalue weighted by atomic mass is 35.5. The summed E-state index contributed by atoms with van der Waals surface area (Å²) in [5.74, 6) is 0.118. The number of nitrogens with zero attached hydrogens (tertiary/aromatic N) is 1. The number of amides is 1. The van der Waals surface area contributed by atoms with Gasteiger partial charge in [0.1, 0.15) is 5.69 Å². The third kappa shape index (κ3) is 4.71. The zero-order chi connectivity index (χ0) is 12.8. The predicted molar refractivity (Wildman–Crippen MR) is 67.0 cm³/mol. The molecule has 1 rings (SSSR count). The fourth-order valence-corrected chi connectivity index (χ4v) is 1.63. The molecule has 0 saturated heterocycles. The van der Waals surface area contributed by atoms with Crippen molar-refractivity contribution >= 4 is 17.5 Å². The van der Waals surface area contributed by atoms with Gasteiger partial charge in [0.25, 0.3) is 5.91 Å². The predicted octanol–water partition coefficient (Wildman–Crippen LogP) is 1.87. The maximum Gasteiger partial charge on any atom is 0.270 e. The van der Waals surface area contributed by atoms with Crippen LogP contribution in [0.25, 0.3) is 0 Å². The zero-order valence-corrected chi connectivity index (χ0v) is 10.7. The maximum atomic E-state index is 11.8. The van der Waals surface area contributed by atoms with Crippen molar-refractivity contribution < 1.29 is 9.90 Å². The van der Waals surface area contributed by atoms with Crippen molar-refractivity contribution in [3.05, 3.63) is 29.0 Å². The van der Waals surface area contributed by atoms with E-state index in [1.807, 2.05) is 13.8 Å². The minimum Gasteiger partial charge on any atom is -0.394 e. The van der Waals surface area contributed by atoms with Gasteiger partial charge in [-0.15, -0.1) is 0 Å². The number of carbonyl (C=O) groups excluding carboxylic acids is 1. The molecular formula is C12H17ClN2O2. The van der Waals surface area contributed by atoms with Crippen LogP contribution in [0, 0.1) is 5.92 Å². The van der Waals surface area contributed by atoms with Crippen molar-refractivity contribution in [3.63, 3.8) is 0 Å². The van der Waals surface area contributed by atoms with Gasteiger partial charge in [0.05, 0.1) is 17.7 Å². The second-order valence-electron chi connectivity index (χ2n) is 4.34. The molecule has 0 spiro atoms. The van der Waals surface area contributed by atoms with Crippen LogP contribution in [0.5, 0.6) is 0 Å². The Morgan fingerprint density at radius 2 is 2.24 bits per heavy atom. The summed E-state index contributed by atoms with van der Waals surface area (Å²) in [4.78, 5) is 15.7. The molecular weight excluding hydrogens is 240 g/mol. The normalized spacial score (nSPS) is 12.5. The highest BCUT2D eigenvalue weighted by Gasteiger charge is 2.14. The Balaban J connectivity index is 2.61. The Kier molecular flexibility index (Phi) is 5.38. The summed E-state index contributed by atoms with van der Waals surface area (Å²) in [6.45, 7) is 4.00. The first-order chi connectivity index (χ1) is 8.02. The van der Waals surface area contributed by atoms with Crippen LogP contribution >= 0.6 is 11.6 Å². The first kappa shape index (κ1) is 13.9. The largest absolute Gasteiger partial charge is 0.394 e. The molecule has 0 aliphatic carbocycles. The third-order valence-electron chi connectivity index (χ3n) is 2.27. The van der Waals surface area contributed by atoms with Crippen molar-refractivity contribution in [2.75, 3.05) is 6.61 Å². The summed E-state index contributed by atoms with van der Waals surface area (Å²) < 4.78 is 0. The van der Waals surface area contributed by atoms with Crippen LogP contribution in [0.3, 0.4) is 0 Å². The Morgan fingerprint density at radius 1 is 1.53 bits per heavy atom. The van der Waals surface area contributed by atoms with E-state index in [1.54, 1.807) is 12.1 Å². The second kappa shape index (κ2) is 6.57. The number of aliphatic hydroxyl groups is 1. The molecule has 0 radical (unpaired) electrons. The van der Waals surface area contributed by atoms with Crippen molar-refractivity contribution in [1.82, 2.24) is 10.3 Å². The average Bonchev–Trinajstić information content (AvgIpc) is 2.28. The van der Waals surface area contributed by atoms with Crippen molar-refractivity contribution in [2.24, 2.45) is 5.92 Å². The fourth-order valence-electron chi connectivity index (χ4n) is 1.52. The molecule has 94 valence electrons. The highest BCUT2D eigenvalue weighted by molar-refractivity contribution is 6.30. The number of aliphatic hydroxyl groups excluding tert-OH is 1. The summed E-state index contributed by atoms with van der Waals surface area (Å²) in [5, 5.41) is 12.4. The van der Waals surface area contributed by atoms with Crippen LogP contribution in [-0.2, 0) is 0 Å². The smallest absolute Gasteiger partial charge is 0.270 e. The van der Waals surface area contributed by atoms with Crippen LogP contribution in [0.15, 0.2) is 18.3 Å². The van der Waals surface area contributed by atoms with Crippen LogP contribution < -0.4 is 5.32 Å². The van der Waals surface area contributed by atoms with Crippen molar-refractivity contribution in [3.8, 4) is 0 Å². The van der Waals surface area contributed by atoms with Gasteiger partial charge >= 0.3 is 0 Å². The van der Waals surface area contributed by atoms with E-state index in [2.05, 4.69) is 10.3 Å². The summed E-state index contributed by atoms with van der Waals surface area (Å²) in [6.07, 6.45) is 2.16. The summed E-state index contributed by atoms with van der Waals surface area (Å²) >= 11 is 5.68. The van der Waals surface area contributed by atoms with E-state index < -0.39 is 0 Å². The van der Waals surface area contributed by atoms with Gasteiger partial charge in [0, 0.05) is 6.20 Å². The lowest BCUT2D eigenvalue weighted by molar-refractivity contribution is 0.0903. The van der Waals surface area contributed by atoms with E-state index in [0.29, 0.717) is 16.6 Å². The number of hydrogen-bond donors (Lipinski definition) is 2. The highest BCUT2D eigenvalue weighted by Crippen LogP contribution is 2.08. The van der Waals surface area contributed by atoms with Gasteiger partial charge in [0.15, 0.2) is 0 Å². The van der Waals surface area contributed by atoms with E-state index in [0.717, 1.165) is 6.42 Å². The summed E-state index contributed by atoms with van der Waals surface area (Å²) in [5.41, 5.74) is 0.302. The number of aromatic nitrogens is 1. The quantitative estimate of drug-likeness (QED) is 0.846. The van der Waals surface area contributed by atoms with E-state index in [-0.39, 0.29) is 18.6 Å². The fraction of sp³-hybridized carbons (Fsp3) is 0.500. The molecule has 1 aromatic heterocycles. The number of pyridine rings is 1. The second-order valence-corrected chi connectivity index (χ2v) is 4.78. The lowest BCUT2D eigenvalue weighted by atomic mass is 10.0. The minimum atomic E-state index is -0.290. The monoisotopic (exact) mass is 256 g/mol. The topological polar surface area (TPSA) is 62.2 Å². The summed E-state index contributed by atoms with van der Waals surface area (Å²) in [7, 11) is 0. The number of nitrogens with one attached hydrogen (secondary N) is 1. The molecule has 1 amide bonds. The van der Waals surface area contributed by atoms with Gasteiger partial charge in [-0.05, 0) is 24.5 Å². The SMILES string of the molecule is CC(C)CC(CO)NC(=O)c1ccc(Cl)cn1. The molecule has 17 heavy (non-hydrogen) atoms. The molecule has 0 aromatic carbocycles. The van der Waals surface area contributed by atoms with Crippen LogP contribution in [-0.4, -0.2) is 28.6 Å². The van der Waals surface area contributed by atoms with E-state index in [9.17, 15) is 4.79 Å². The number of hydrogen-bond acceptors (Lipinski definition) is 3. The first-order valence-electron chi connectivity index (χ1n) is 5.56. The number of halogens is 1. The van der Waals surface area contributed by atoms with E-state index in [1.165, 1.54) is 6.20 Å². The Bertz CT molecular complexity index is 365. The lowest BCUT2D eigenvalue weighted by Gasteiger charge is -2.17. The Morgan fingerprint density at radius 3 is 2.71 bits per heavy atom. The molecule has 0 fully saturated rings. The van der Waals surface area contributed by atoms with Gasteiger partial charge < -0.3 is 10.4 Å². The van der Waals surface area contributed by atoms with Gasteiger partial charge in [-0.25, -0.2) is 4.98 Å². The van der Waals surface area contributed by atoms with Crippen molar-refractivity contribution in [2.45, 2.75) is 26.3 Å². The Labute approximate surface area is 106 Å². The molecule has 1 atom stereocenters. The zero-order valence-electron chi connectivity index (χ0n) is 9.98. The molecule has 1 aromatic rings. The maximum absolute atomic E-state index is 11.8. The minimum absolute atomic E-state index is 0.0719. The number of rotatable bonds is 5. The van der Waals surface area contributed by atoms with Crippen molar-refractivity contribution in [1.29, 1.82) is 0 Å². The number of carbonyl (C=O) groups is 1. The van der Waals surface area contributed by atoms with Gasteiger partial charge in [0.2, 0.25) is 0 Å². The molecule has 2 N–H and O–H groups in total. The first-order valence-corrected chi connectivity index (χ1v) is 5.94. The van der Waals surface area contributed by atoms with Gasteiger partial charge in [-0.1, -0.05) is 25.4 Å². The third-order valence-corrected chi connectivity index (χ3v) is 2.50. The van der Waals surface area contributed by atoms with E-state index in [4.69, 9.17) is 16.7 Å². The molecule has 0 saturated carbocycles. The molecule has 4 nitrogen and oxygen atoms in total. The standard InChI is InChI=1S/C12H17ClN2O2/c1-8(2)5-10(7-16)15-12(17)11-4-3-9(13)6-14-11/h3-4,6,8,10,16H,5,7H2,1-2H3,(H,15,17). The Hall–Kier alpha value is -1.13. The average molecular weight is 257 g/mol. The van der Waals surface area contributed by atoms with Gasteiger partial charge in [-0.2, -0.15) is 0 Å². The molecule has 5 heteroatoms. The molecule has 0 bridgehead atoms. The van der Waals surface area contributed by atoms with Gasteiger partial charge in [-0.3, -0.25) is 4.79 Å².